The van der Waals surface area contributed by atoms with Gasteiger partial charge in [-0.15, -0.1) is 0 Å². The lowest BCUT2D eigenvalue weighted by Gasteiger charge is -2.37. The second-order valence-corrected chi connectivity index (χ2v) is 8.16. The van der Waals surface area contributed by atoms with Crippen molar-refractivity contribution in [2.75, 3.05) is 43.1 Å². The van der Waals surface area contributed by atoms with Gasteiger partial charge in [0.25, 0.3) is 0 Å². The number of aryl methyl sites for hydroxylation is 1. The van der Waals surface area contributed by atoms with E-state index in [1.807, 2.05) is 31.6 Å². The third kappa shape index (κ3) is 4.06. The molecule has 5 heteroatoms. The fourth-order valence-electron chi connectivity index (χ4n) is 4.37. The molecule has 0 unspecified atom stereocenters. The number of nitrogens with zero attached hydrogens (tertiary/aromatic N) is 4. The Bertz CT molecular complexity index is 1190. The predicted molar refractivity (Wildman–Crippen MR) is 131 cm³/mol. The minimum atomic E-state index is 0.906. The van der Waals surface area contributed by atoms with Gasteiger partial charge in [0.1, 0.15) is 5.75 Å². The summed E-state index contributed by atoms with van der Waals surface area (Å²) in [4.78, 5) is 9.25. The van der Waals surface area contributed by atoms with Gasteiger partial charge in [-0.25, -0.2) is 4.98 Å². The molecule has 0 radical (unpaired) electrons. The Kier molecular flexibility index (Phi) is 5.55. The van der Waals surface area contributed by atoms with E-state index < -0.39 is 0 Å². The highest BCUT2D eigenvalue weighted by Crippen LogP contribution is 2.32. The first-order chi connectivity index (χ1) is 15.7. The van der Waals surface area contributed by atoms with Crippen LogP contribution in [0, 0.1) is 6.92 Å². The number of anilines is 2. The molecule has 1 aliphatic rings. The lowest BCUT2D eigenvalue weighted by atomic mass is 10.0. The van der Waals surface area contributed by atoms with Gasteiger partial charge in [0.2, 0.25) is 0 Å². The van der Waals surface area contributed by atoms with Gasteiger partial charge >= 0.3 is 0 Å². The van der Waals surface area contributed by atoms with Crippen molar-refractivity contribution in [3.8, 4) is 22.6 Å². The van der Waals surface area contributed by atoms with Crippen molar-refractivity contribution in [1.82, 2.24) is 9.55 Å². The highest BCUT2D eigenvalue weighted by molar-refractivity contribution is 5.74. The average molecular weight is 425 g/mol. The van der Waals surface area contributed by atoms with E-state index in [9.17, 15) is 0 Å². The molecule has 0 spiro atoms. The van der Waals surface area contributed by atoms with Crippen molar-refractivity contribution in [1.29, 1.82) is 0 Å². The molecule has 3 aromatic carbocycles. The van der Waals surface area contributed by atoms with E-state index in [1.54, 1.807) is 7.11 Å². The van der Waals surface area contributed by atoms with Crippen molar-refractivity contribution in [2.24, 2.45) is 0 Å². The van der Waals surface area contributed by atoms with Crippen molar-refractivity contribution < 1.29 is 4.74 Å². The van der Waals surface area contributed by atoms with Crippen LogP contribution < -0.4 is 14.5 Å². The lowest BCUT2D eigenvalue weighted by molar-refractivity contribution is 0.416. The monoisotopic (exact) mass is 424 g/mol. The third-order valence-corrected chi connectivity index (χ3v) is 6.13. The summed E-state index contributed by atoms with van der Waals surface area (Å²) in [6.07, 6.45) is 3.91. The first-order valence-electron chi connectivity index (χ1n) is 11.1. The maximum absolute atomic E-state index is 5.56. The zero-order chi connectivity index (χ0) is 21.9. The van der Waals surface area contributed by atoms with Crippen molar-refractivity contribution in [3.05, 3.63) is 91.0 Å². The number of para-hydroxylation sites is 1. The summed E-state index contributed by atoms with van der Waals surface area (Å²) in [5, 5.41) is 0. The summed E-state index contributed by atoms with van der Waals surface area (Å²) in [5.74, 6) is 0.906. The van der Waals surface area contributed by atoms with Crippen LogP contribution in [0.5, 0.6) is 5.75 Å². The molecule has 4 aromatic rings. The highest BCUT2D eigenvalue weighted by Gasteiger charge is 2.18. The molecule has 0 bridgehead atoms. The molecule has 0 aliphatic carbocycles. The number of benzene rings is 3. The summed E-state index contributed by atoms with van der Waals surface area (Å²) in [6, 6.07) is 25.7. The molecule has 1 fully saturated rings. The fraction of sp³-hybridized carbons (Fsp3) is 0.222. The minimum Gasteiger partial charge on any atom is -0.496 e. The van der Waals surface area contributed by atoms with Gasteiger partial charge in [0.05, 0.1) is 19.1 Å². The zero-order valence-electron chi connectivity index (χ0n) is 18.6. The number of piperazine rings is 1. The molecular weight excluding hydrogens is 396 g/mol. The van der Waals surface area contributed by atoms with Crippen LogP contribution in [0.15, 0.2) is 85.3 Å². The summed E-state index contributed by atoms with van der Waals surface area (Å²) in [6.45, 7) is 6.01. The van der Waals surface area contributed by atoms with E-state index in [1.165, 1.54) is 16.9 Å². The maximum atomic E-state index is 5.56. The summed E-state index contributed by atoms with van der Waals surface area (Å²) < 4.78 is 7.62. The van der Waals surface area contributed by atoms with Gasteiger partial charge < -0.3 is 19.1 Å². The van der Waals surface area contributed by atoms with Crippen LogP contribution in [-0.4, -0.2) is 42.8 Å². The smallest absolute Gasteiger partial charge is 0.126 e. The Morgan fingerprint density at radius 1 is 0.750 bits per heavy atom. The van der Waals surface area contributed by atoms with Crippen molar-refractivity contribution in [3.63, 3.8) is 0 Å². The molecule has 1 aliphatic heterocycles. The van der Waals surface area contributed by atoms with E-state index in [4.69, 9.17) is 4.74 Å². The van der Waals surface area contributed by atoms with Gasteiger partial charge in [0, 0.05) is 55.0 Å². The van der Waals surface area contributed by atoms with E-state index >= 15 is 0 Å². The van der Waals surface area contributed by atoms with E-state index in [0.717, 1.165) is 48.9 Å². The van der Waals surface area contributed by atoms with Gasteiger partial charge in [-0.2, -0.15) is 0 Å². The molecule has 5 nitrogen and oxygen atoms in total. The Morgan fingerprint density at radius 3 is 2.12 bits per heavy atom. The topological polar surface area (TPSA) is 33.5 Å². The summed E-state index contributed by atoms with van der Waals surface area (Å²) >= 11 is 0. The number of hydrogen-bond acceptors (Lipinski definition) is 4. The first kappa shape index (κ1) is 20.2. The number of methoxy groups -OCH3 is 1. The number of rotatable bonds is 5. The van der Waals surface area contributed by atoms with E-state index in [2.05, 4.69) is 80.0 Å². The summed E-state index contributed by atoms with van der Waals surface area (Å²) in [7, 11) is 1.73. The van der Waals surface area contributed by atoms with Gasteiger partial charge in [0.15, 0.2) is 0 Å². The highest BCUT2D eigenvalue weighted by atomic mass is 16.5. The average Bonchev–Trinajstić information content (AvgIpc) is 3.30. The Balaban J connectivity index is 1.27. The molecule has 162 valence electrons. The first-order valence-corrected chi connectivity index (χ1v) is 11.1. The van der Waals surface area contributed by atoms with Crippen LogP contribution >= 0.6 is 0 Å². The van der Waals surface area contributed by atoms with Gasteiger partial charge in [-0.1, -0.05) is 30.3 Å². The van der Waals surface area contributed by atoms with Gasteiger partial charge in [-0.3, -0.25) is 0 Å². The number of ether oxygens (including phenoxy) is 1. The third-order valence-electron chi connectivity index (χ3n) is 6.13. The largest absolute Gasteiger partial charge is 0.496 e. The van der Waals surface area contributed by atoms with Crippen LogP contribution in [-0.2, 0) is 0 Å². The van der Waals surface area contributed by atoms with Crippen LogP contribution in [0.3, 0.4) is 0 Å². The SMILES string of the molecule is COc1ccccc1-c1cccc(N2CCN(c3ccc(-n4cnc(C)c4)cc3)CC2)c1. The molecule has 1 aromatic heterocycles. The second kappa shape index (κ2) is 8.79. The second-order valence-electron chi connectivity index (χ2n) is 8.16. The van der Waals surface area contributed by atoms with Crippen LogP contribution in [0.25, 0.3) is 16.8 Å². The Hall–Kier alpha value is -3.73. The molecule has 5 rings (SSSR count). The Morgan fingerprint density at radius 2 is 1.44 bits per heavy atom. The molecule has 0 atom stereocenters. The number of hydrogen-bond donors (Lipinski definition) is 0. The van der Waals surface area contributed by atoms with Gasteiger partial charge in [-0.05, 0) is 55.0 Å². The van der Waals surface area contributed by atoms with E-state index in [-0.39, 0.29) is 0 Å². The molecule has 2 heterocycles. The molecule has 0 N–H and O–H groups in total. The van der Waals surface area contributed by atoms with E-state index in [0.29, 0.717) is 0 Å². The minimum absolute atomic E-state index is 0.906. The quantitative estimate of drug-likeness (QED) is 0.442. The van der Waals surface area contributed by atoms with Crippen LogP contribution in [0.4, 0.5) is 11.4 Å². The lowest BCUT2D eigenvalue weighted by Crippen LogP contribution is -2.46. The molecule has 0 amide bonds. The summed E-state index contributed by atoms with van der Waals surface area (Å²) in [5.41, 5.74) is 7.02. The fourth-order valence-corrected chi connectivity index (χ4v) is 4.37. The zero-order valence-corrected chi connectivity index (χ0v) is 18.6. The Labute approximate surface area is 189 Å². The molecular formula is C27H28N4O. The molecule has 0 saturated carbocycles. The number of imidazole rings is 1. The van der Waals surface area contributed by atoms with Crippen molar-refractivity contribution in [2.45, 2.75) is 6.92 Å². The van der Waals surface area contributed by atoms with Crippen LogP contribution in [0.1, 0.15) is 5.69 Å². The molecule has 32 heavy (non-hydrogen) atoms. The van der Waals surface area contributed by atoms with Crippen LogP contribution in [0.2, 0.25) is 0 Å². The predicted octanol–water partition coefficient (Wildman–Crippen LogP) is 5.18. The standard InChI is InChI=1S/C27H28N4O/c1-21-19-31(20-28-21)24-12-10-23(11-13-24)29-14-16-30(17-15-29)25-7-5-6-22(18-25)26-8-3-4-9-27(26)32-2/h3-13,18-20H,14-17H2,1-2H3. The normalized spacial score (nSPS) is 13.9. The number of aromatic nitrogens is 2. The molecule has 1 saturated heterocycles. The van der Waals surface area contributed by atoms with Crippen molar-refractivity contribution >= 4 is 11.4 Å². The maximum Gasteiger partial charge on any atom is 0.126 e.